The Morgan fingerprint density at radius 3 is 2.30 bits per heavy atom. The van der Waals surface area contributed by atoms with Gasteiger partial charge < -0.3 is 20.7 Å². The van der Waals surface area contributed by atoms with E-state index in [0.29, 0.717) is 44.3 Å². The van der Waals surface area contributed by atoms with Crippen molar-refractivity contribution in [2.24, 2.45) is 5.92 Å². The predicted molar refractivity (Wildman–Crippen MR) is 159 cm³/mol. The van der Waals surface area contributed by atoms with E-state index in [1.54, 1.807) is 48.5 Å². The van der Waals surface area contributed by atoms with Crippen LogP contribution in [0, 0.1) is 5.92 Å². The van der Waals surface area contributed by atoms with Crippen molar-refractivity contribution in [1.29, 1.82) is 0 Å². The molecule has 1 aliphatic rings. The summed E-state index contributed by atoms with van der Waals surface area (Å²) in [5.41, 5.74) is 1.55. The van der Waals surface area contributed by atoms with Gasteiger partial charge in [-0.25, -0.2) is 0 Å². The number of nitrogens with one attached hydrogen (secondary N) is 3. The first kappa shape index (κ1) is 34.1. The lowest BCUT2D eigenvalue weighted by atomic mass is 9.94. The van der Waals surface area contributed by atoms with Crippen molar-refractivity contribution in [2.45, 2.75) is 51.1 Å². The number of benzene rings is 2. The van der Waals surface area contributed by atoms with Gasteiger partial charge in [-0.2, -0.15) is 8.78 Å². The smallest absolute Gasteiger partial charge is 0.379 e. The first-order chi connectivity index (χ1) is 20.5. The van der Waals surface area contributed by atoms with Crippen LogP contribution < -0.4 is 16.0 Å². The highest BCUT2D eigenvalue weighted by molar-refractivity contribution is 6.30. The predicted octanol–water partition coefficient (Wildman–Crippen LogP) is 2.79. The van der Waals surface area contributed by atoms with Gasteiger partial charge in [0.05, 0.1) is 19.3 Å². The van der Waals surface area contributed by atoms with Gasteiger partial charge in [-0.3, -0.25) is 24.1 Å². The van der Waals surface area contributed by atoms with Gasteiger partial charge in [-0.05, 0) is 35.6 Å². The molecule has 3 amide bonds. The Kier molecular flexibility index (Phi) is 13.0. The van der Waals surface area contributed by atoms with Crippen molar-refractivity contribution in [3.63, 3.8) is 0 Å². The molecular weight excluding hydrogens is 582 g/mol. The molecule has 1 saturated heterocycles. The van der Waals surface area contributed by atoms with Crippen LogP contribution in [0.2, 0.25) is 5.02 Å². The zero-order chi connectivity index (χ0) is 31.4. The van der Waals surface area contributed by atoms with Crippen LogP contribution in [0.4, 0.5) is 8.78 Å². The summed E-state index contributed by atoms with van der Waals surface area (Å²) < 4.78 is 35.4. The molecule has 12 heteroatoms. The SMILES string of the molecule is CC(C)C(NC(=O)C(Cc1ccccc1)NC(=O)CCc1cccc(Cl)c1)C(=O)C(F)(F)C(=O)NCCN1CCOCC1. The number of rotatable bonds is 15. The van der Waals surface area contributed by atoms with E-state index >= 15 is 8.78 Å². The number of ether oxygens (including phenoxy) is 1. The van der Waals surface area contributed by atoms with Crippen molar-refractivity contribution in [3.05, 3.63) is 70.7 Å². The van der Waals surface area contributed by atoms with Crippen LogP contribution in [0.1, 0.15) is 31.4 Å². The minimum atomic E-state index is -4.37. The maximum atomic E-state index is 15.1. The Balaban J connectivity index is 1.66. The second kappa shape index (κ2) is 16.4. The third kappa shape index (κ3) is 10.7. The Morgan fingerprint density at radius 2 is 1.65 bits per heavy atom. The van der Waals surface area contributed by atoms with Crippen molar-refractivity contribution < 1.29 is 32.7 Å². The van der Waals surface area contributed by atoms with E-state index in [-0.39, 0.29) is 19.4 Å². The third-order valence-corrected chi connectivity index (χ3v) is 7.36. The van der Waals surface area contributed by atoms with E-state index < -0.39 is 47.4 Å². The lowest BCUT2D eigenvalue weighted by Gasteiger charge is -2.28. The summed E-state index contributed by atoms with van der Waals surface area (Å²) >= 11 is 6.02. The molecule has 3 rings (SSSR count). The minimum Gasteiger partial charge on any atom is -0.379 e. The maximum Gasteiger partial charge on any atom is 0.383 e. The summed E-state index contributed by atoms with van der Waals surface area (Å²) in [7, 11) is 0. The molecule has 1 fully saturated rings. The van der Waals surface area contributed by atoms with Crippen molar-refractivity contribution in [2.75, 3.05) is 39.4 Å². The number of morpholine rings is 1. The average Bonchev–Trinajstić information content (AvgIpc) is 2.99. The highest BCUT2D eigenvalue weighted by Gasteiger charge is 2.51. The molecule has 0 radical (unpaired) electrons. The molecule has 1 aliphatic heterocycles. The normalized spacial score (nSPS) is 15.4. The first-order valence-electron chi connectivity index (χ1n) is 14.4. The molecule has 2 aromatic rings. The highest BCUT2D eigenvalue weighted by atomic mass is 35.5. The van der Waals surface area contributed by atoms with Crippen molar-refractivity contribution in [1.82, 2.24) is 20.9 Å². The molecule has 0 spiro atoms. The Bertz CT molecular complexity index is 1240. The van der Waals surface area contributed by atoms with Crippen LogP contribution >= 0.6 is 11.6 Å². The molecule has 2 unspecified atom stereocenters. The minimum absolute atomic E-state index is 0.0497. The van der Waals surface area contributed by atoms with Crippen LogP contribution in [0.3, 0.4) is 0 Å². The quantitative estimate of drug-likeness (QED) is 0.264. The average molecular weight is 621 g/mol. The number of hydrogen-bond donors (Lipinski definition) is 3. The Labute approximate surface area is 255 Å². The largest absolute Gasteiger partial charge is 0.383 e. The molecule has 234 valence electrons. The van der Waals surface area contributed by atoms with Gasteiger partial charge in [0.1, 0.15) is 6.04 Å². The van der Waals surface area contributed by atoms with Crippen LogP contribution in [0.25, 0.3) is 0 Å². The number of Topliss-reactive ketones (excluding diaryl/α,β-unsaturated/α-hetero) is 1. The van der Waals surface area contributed by atoms with Gasteiger partial charge in [-0.1, -0.05) is 67.9 Å². The standard InChI is InChI=1S/C31H39ClF2N4O5/c1-21(2)27(28(40)31(33,34)30(42)35-13-14-38-15-17-43-18-16-38)37-29(41)25(20-22-7-4-3-5-8-22)36-26(39)12-11-23-9-6-10-24(32)19-23/h3-10,19,21,25,27H,11-18,20H2,1-2H3,(H,35,42)(H,36,39)(H,37,41). The summed E-state index contributed by atoms with van der Waals surface area (Å²) in [6.07, 6.45) is 0.479. The molecule has 43 heavy (non-hydrogen) atoms. The summed E-state index contributed by atoms with van der Waals surface area (Å²) in [6, 6.07) is 13.1. The van der Waals surface area contributed by atoms with E-state index in [1.807, 2.05) is 11.0 Å². The molecular formula is C31H39ClF2N4O5. The summed E-state index contributed by atoms with van der Waals surface area (Å²) in [5, 5.41) is 7.74. The number of ketones is 1. The number of hydrogen-bond acceptors (Lipinski definition) is 6. The van der Waals surface area contributed by atoms with Crippen LogP contribution in [0.5, 0.6) is 0 Å². The van der Waals surface area contributed by atoms with E-state index in [9.17, 15) is 19.2 Å². The van der Waals surface area contributed by atoms with Gasteiger partial charge >= 0.3 is 5.92 Å². The number of carbonyl (C=O) groups is 4. The molecule has 2 aromatic carbocycles. The van der Waals surface area contributed by atoms with Gasteiger partial charge in [-0.15, -0.1) is 0 Å². The van der Waals surface area contributed by atoms with E-state index in [4.69, 9.17) is 16.3 Å². The van der Waals surface area contributed by atoms with Gasteiger partial charge in [0, 0.05) is 44.0 Å². The number of nitrogens with zero attached hydrogens (tertiary/aromatic N) is 1. The van der Waals surface area contributed by atoms with Gasteiger partial charge in [0.2, 0.25) is 17.6 Å². The Hall–Kier alpha value is -3.41. The van der Waals surface area contributed by atoms with Gasteiger partial charge in [0.15, 0.2) is 0 Å². The fourth-order valence-corrected chi connectivity index (χ4v) is 4.85. The Morgan fingerprint density at radius 1 is 0.977 bits per heavy atom. The van der Waals surface area contributed by atoms with E-state index in [0.717, 1.165) is 11.1 Å². The summed E-state index contributed by atoms with van der Waals surface area (Å²) in [5.74, 6) is -9.82. The topological polar surface area (TPSA) is 117 Å². The van der Waals surface area contributed by atoms with E-state index in [1.165, 1.54) is 13.8 Å². The molecule has 0 bridgehead atoms. The van der Waals surface area contributed by atoms with Gasteiger partial charge in [0.25, 0.3) is 5.91 Å². The number of amides is 3. The monoisotopic (exact) mass is 620 g/mol. The third-order valence-electron chi connectivity index (χ3n) is 7.12. The number of carbonyl (C=O) groups excluding carboxylic acids is 4. The van der Waals surface area contributed by atoms with Crippen molar-refractivity contribution in [3.8, 4) is 0 Å². The summed E-state index contributed by atoms with van der Waals surface area (Å²) in [6.45, 7) is 5.53. The van der Waals surface area contributed by atoms with Crippen molar-refractivity contribution >= 4 is 35.1 Å². The zero-order valence-corrected chi connectivity index (χ0v) is 25.2. The maximum absolute atomic E-state index is 15.1. The molecule has 0 saturated carbocycles. The fraction of sp³-hybridized carbons (Fsp3) is 0.484. The second-order valence-corrected chi connectivity index (χ2v) is 11.3. The lowest BCUT2D eigenvalue weighted by Crippen LogP contribution is -2.59. The van der Waals surface area contributed by atoms with E-state index in [2.05, 4.69) is 16.0 Å². The van der Waals surface area contributed by atoms with Crippen LogP contribution in [-0.2, 0) is 36.8 Å². The molecule has 0 aliphatic carbocycles. The second-order valence-electron chi connectivity index (χ2n) is 10.8. The highest BCUT2D eigenvalue weighted by Crippen LogP contribution is 2.21. The van der Waals surface area contributed by atoms with Crippen LogP contribution in [0.15, 0.2) is 54.6 Å². The molecule has 1 heterocycles. The summed E-state index contributed by atoms with van der Waals surface area (Å²) in [4.78, 5) is 53.6. The van der Waals surface area contributed by atoms with Crippen LogP contribution in [-0.4, -0.2) is 85.8 Å². The molecule has 0 aromatic heterocycles. The fourth-order valence-electron chi connectivity index (χ4n) is 4.64. The molecule has 3 N–H and O–H groups in total. The number of aryl methyl sites for hydroxylation is 1. The number of halogens is 3. The molecule has 2 atom stereocenters. The lowest BCUT2D eigenvalue weighted by molar-refractivity contribution is -0.161. The molecule has 9 nitrogen and oxygen atoms in total. The zero-order valence-electron chi connectivity index (χ0n) is 24.4. The first-order valence-corrected chi connectivity index (χ1v) is 14.7. The number of alkyl halides is 2.